The van der Waals surface area contributed by atoms with E-state index >= 15 is 0 Å². The number of benzene rings is 3. The third-order valence-corrected chi connectivity index (χ3v) is 10.2. The van der Waals surface area contributed by atoms with Crippen LogP contribution in [-0.2, 0) is 40.9 Å². The quantitative estimate of drug-likeness (QED) is 0.167. The third kappa shape index (κ3) is 10.2. The molecule has 1 amide bonds. The van der Waals surface area contributed by atoms with Crippen molar-refractivity contribution in [2.45, 2.75) is 74.2 Å². The number of fused-ring (bicyclic) bond motifs is 1. The molecule has 3 aromatic carbocycles. The van der Waals surface area contributed by atoms with Crippen LogP contribution in [0.2, 0.25) is 0 Å². The van der Waals surface area contributed by atoms with Gasteiger partial charge in [-0.2, -0.15) is 0 Å². The monoisotopic (exact) mass is 711 g/mol. The van der Waals surface area contributed by atoms with Crippen molar-refractivity contribution >= 4 is 31.8 Å². The zero-order chi connectivity index (χ0) is 35.1. The number of sulfonamides is 2. The molecule has 0 saturated carbocycles. The van der Waals surface area contributed by atoms with Gasteiger partial charge in [0.05, 0.1) is 29.5 Å². The Hall–Kier alpha value is -4.13. The molecule has 2 heterocycles. The lowest BCUT2D eigenvalue weighted by atomic mass is 10.0. The van der Waals surface area contributed by atoms with Gasteiger partial charge in [-0.3, -0.25) is 4.72 Å². The molecule has 0 aliphatic carbocycles. The standard InChI is InChI=1S/C35H41N3O9S2/c1-35(2)45-25-28-23-27(13-18-32(28)47-35)33-24-38(34(39)46-33)19-6-3-4-7-20-44-21-8-5-10-26-11-9-12-31(22-26)49(42,43)37-29-14-16-30(17-15-29)48(36,40)41/h9,11-18,22-23,33,37H,3-4,6-8,19-21,24-25H2,1-2H3,(H2,36,40,41)/t33-/m0/s1. The van der Waals surface area contributed by atoms with Crippen molar-refractivity contribution in [1.29, 1.82) is 0 Å². The molecular weight excluding hydrogens is 671 g/mol. The first kappa shape index (κ1) is 36.2. The van der Waals surface area contributed by atoms with Gasteiger partial charge in [0.2, 0.25) is 15.8 Å². The molecule has 1 saturated heterocycles. The number of carbonyl (C=O) groups is 1. The summed E-state index contributed by atoms with van der Waals surface area (Å²) in [5, 5.41) is 5.09. The van der Waals surface area contributed by atoms with Crippen molar-refractivity contribution in [3.63, 3.8) is 0 Å². The second-order valence-electron chi connectivity index (χ2n) is 12.3. The number of carbonyl (C=O) groups excluding carboxylic acids is 1. The molecule has 14 heteroatoms. The van der Waals surface area contributed by atoms with Crippen LogP contribution in [0, 0.1) is 11.8 Å². The third-order valence-electron chi connectivity index (χ3n) is 7.93. The lowest BCUT2D eigenvalue weighted by Gasteiger charge is -2.32. The molecule has 0 unspecified atom stereocenters. The number of primary sulfonamides is 1. The predicted molar refractivity (Wildman–Crippen MR) is 183 cm³/mol. The van der Waals surface area contributed by atoms with E-state index < -0.39 is 25.8 Å². The average Bonchev–Trinajstić information content (AvgIpc) is 3.42. The fraction of sp³-hybridized carbons (Fsp3) is 0.400. The van der Waals surface area contributed by atoms with Gasteiger partial charge in [0, 0.05) is 50.2 Å². The van der Waals surface area contributed by atoms with Gasteiger partial charge in [-0.25, -0.2) is 26.8 Å². The molecule has 2 aliphatic heterocycles. The summed E-state index contributed by atoms with van der Waals surface area (Å²) < 4.78 is 73.9. The zero-order valence-corrected chi connectivity index (χ0v) is 29.1. The second kappa shape index (κ2) is 15.6. The molecule has 0 spiro atoms. The summed E-state index contributed by atoms with van der Waals surface area (Å²) >= 11 is 0. The summed E-state index contributed by atoms with van der Waals surface area (Å²) in [4.78, 5) is 14.1. The number of amides is 1. The Morgan fingerprint density at radius 2 is 1.73 bits per heavy atom. The maximum atomic E-state index is 12.8. The Labute approximate surface area is 288 Å². The first-order chi connectivity index (χ1) is 23.3. The Kier molecular flexibility index (Phi) is 11.5. The SMILES string of the molecule is CC1(C)OCc2cc([C@@H]3CN(CCCCCCOCCC#Cc4cccc(S(=O)(=O)Nc5ccc(S(N)(=O)=O)cc5)c4)C(=O)O3)ccc2O1. The molecule has 0 aromatic heterocycles. The Morgan fingerprint density at radius 1 is 0.959 bits per heavy atom. The van der Waals surface area contributed by atoms with Crippen LogP contribution in [0.5, 0.6) is 5.75 Å². The number of nitrogens with zero attached hydrogens (tertiary/aromatic N) is 1. The molecule has 3 N–H and O–H groups in total. The number of hydrogen-bond donors (Lipinski definition) is 2. The first-order valence-corrected chi connectivity index (χ1v) is 19.1. The van der Waals surface area contributed by atoms with Crippen LogP contribution in [0.1, 0.15) is 68.7 Å². The molecule has 12 nitrogen and oxygen atoms in total. The minimum Gasteiger partial charge on any atom is -0.463 e. The van der Waals surface area contributed by atoms with Crippen molar-refractivity contribution in [3.8, 4) is 17.6 Å². The van der Waals surface area contributed by atoms with Crippen LogP contribution in [0.25, 0.3) is 0 Å². The molecule has 2 aliphatic rings. The normalized spacial score (nSPS) is 17.0. The molecule has 0 radical (unpaired) electrons. The van der Waals surface area contributed by atoms with Crippen molar-refractivity contribution in [2.75, 3.05) is 31.0 Å². The highest BCUT2D eigenvalue weighted by Crippen LogP contribution is 2.35. The minimum atomic E-state index is -3.92. The summed E-state index contributed by atoms with van der Waals surface area (Å²) in [6.07, 6.45) is 3.61. The highest BCUT2D eigenvalue weighted by molar-refractivity contribution is 7.92. The van der Waals surface area contributed by atoms with Gasteiger partial charge >= 0.3 is 6.09 Å². The van der Waals surface area contributed by atoms with E-state index in [4.69, 9.17) is 24.1 Å². The van der Waals surface area contributed by atoms with Gasteiger partial charge in [0.1, 0.15) is 11.9 Å². The number of nitrogens with two attached hydrogens (primary N) is 1. The molecule has 5 rings (SSSR count). The summed E-state index contributed by atoms with van der Waals surface area (Å²) in [7, 11) is -7.80. The van der Waals surface area contributed by atoms with E-state index in [1.165, 1.54) is 36.4 Å². The van der Waals surface area contributed by atoms with Gasteiger partial charge < -0.3 is 23.8 Å². The van der Waals surface area contributed by atoms with Crippen LogP contribution in [0.3, 0.4) is 0 Å². The van der Waals surface area contributed by atoms with Crippen LogP contribution in [-0.4, -0.2) is 59.9 Å². The van der Waals surface area contributed by atoms with E-state index in [-0.39, 0.29) is 27.7 Å². The maximum Gasteiger partial charge on any atom is 0.410 e. The molecular formula is C35H41N3O9S2. The van der Waals surface area contributed by atoms with E-state index in [2.05, 4.69) is 16.6 Å². The van der Waals surface area contributed by atoms with Gasteiger partial charge in [-0.05, 0) is 73.0 Å². The fourth-order valence-corrected chi connectivity index (χ4v) is 6.96. The number of anilines is 1. The number of rotatable bonds is 14. The van der Waals surface area contributed by atoms with Crippen molar-refractivity contribution < 1.29 is 40.6 Å². The average molecular weight is 712 g/mol. The molecule has 1 fully saturated rings. The van der Waals surface area contributed by atoms with Gasteiger partial charge in [0.25, 0.3) is 10.0 Å². The van der Waals surface area contributed by atoms with Crippen LogP contribution in [0.15, 0.2) is 76.5 Å². The number of nitrogens with one attached hydrogen (secondary N) is 1. The smallest absolute Gasteiger partial charge is 0.410 e. The predicted octanol–water partition coefficient (Wildman–Crippen LogP) is 5.29. The second-order valence-corrected chi connectivity index (χ2v) is 15.5. The van der Waals surface area contributed by atoms with Gasteiger partial charge in [-0.15, -0.1) is 0 Å². The Balaban J connectivity index is 0.953. The fourth-order valence-electron chi connectivity index (χ4n) is 5.34. The largest absolute Gasteiger partial charge is 0.463 e. The highest BCUT2D eigenvalue weighted by Gasteiger charge is 2.33. The molecule has 3 aromatic rings. The Bertz CT molecular complexity index is 1920. The lowest BCUT2D eigenvalue weighted by Crippen LogP contribution is -2.35. The number of unbranched alkanes of at least 4 members (excludes halogenated alkanes) is 3. The summed E-state index contributed by atoms with van der Waals surface area (Å²) in [5.74, 6) is 6.11. The maximum absolute atomic E-state index is 12.8. The van der Waals surface area contributed by atoms with E-state index in [0.717, 1.165) is 42.6 Å². The zero-order valence-electron chi connectivity index (χ0n) is 27.5. The van der Waals surface area contributed by atoms with Crippen LogP contribution < -0.4 is 14.6 Å². The number of ether oxygens (including phenoxy) is 4. The number of hydrogen-bond acceptors (Lipinski definition) is 9. The highest BCUT2D eigenvalue weighted by atomic mass is 32.2. The van der Waals surface area contributed by atoms with E-state index in [1.54, 1.807) is 17.0 Å². The topological polar surface area (TPSA) is 164 Å². The van der Waals surface area contributed by atoms with E-state index in [9.17, 15) is 21.6 Å². The summed E-state index contributed by atoms with van der Waals surface area (Å²) in [6, 6.07) is 17.2. The summed E-state index contributed by atoms with van der Waals surface area (Å²) in [5.41, 5.74) is 2.62. The summed E-state index contributed by atoms with van der Waals surface area (Å²) in [6.45, 7) is 6.43. The number of cyclic esters (lactones) is 1. The molecule has 49 heavy (non-hydrogen) atoms. The Morgan fingerprint density at radius 3 is 2.51 bits per heavy atom. The molecule has 0 bridgehead atoms. The first-order valence-electron chi connectivity index (χ1n) is 16.0. The van der Waals surface area contributed by atoms with E-state index in [1.807, 2.05) is 32.0 Å². The van der Waals surface area contributed by atoms with Crippen LogP contribution >= 0.6 is 0 Å². The van der Waals surface area contributed by atoms with Gasteiger partial charge in [-0.1, -0.05) is 36.8 Å². The minimum absolute atomic E-state index is 0.0252. The molecule has 1 atom stereocenters. The van der Waals surface area contributed by atoms with Gasteiger partial charge in [0.15, 0.2) is 0 Å². The lowest BCUT2D eigenvalue weighted by molar-refractivity contribution is -0.180. The van der Waals surface area contributed by atoms with Crippen molar-refractivity contribution in [2.24, 2.45) is 5.14 Å². The van der Waals surface area contributed by atoms with E-state index in [0.29, 0.717) is 44.9 Å². The van der Waals surface area contributed by atoms with Crippen LogP contribution in [0.4, 0.5) is 10.5 Å². The molecule has 262 valence electrons. The van der Waals surface area contributed by atoms with Crippen molar-refractivity contribution in [3.05, 3.63) is 83.4 Å². The van der Waals surface area contributed by atoms with Crippen molar-refractivity contribution in [1.82, 2.24) is 4.90 Å².